The molecule has 1 fully saturated rings. The van der Waals surface area contributed by atoms with Gasteiger partial charge in [-0.05, 0) is 49.7 Å². The summed E-state index contributed by atoms with van der Waals surface area (Å²) in [4.78, 5) is 27.4. The highest BCUT2D eigenvalue weighted by Crippen LogP contribution is 2.36. The number of aromatic amines is 1. The maximum Gasteiger partial charge on any atom is 0.260 e. The average molecular weight is 508 g/mol. The van der Waals surface area contributed by atoms with E-state index < -0.39 is 9.84 Å². The molecule has 0 aliphatic carbocycles. The van der Waals surface area contributed by atoms with Gasteiger partial charge in [0, 0.05) is 11.8 Å². The van der Waals surface area contributed by atoms with Gasteiger partial charge in [0.2, 0.25) is 0 Å². The number of H-pyrrole nitrogens is 1. The summed E-state index contributed by atoms with van der Waals surface area (Å²) in [6, 6.07) is 12.2. The molecule has 0 unspecified atom stereocenters. The Hall–Kier alpha value is -3.27. The Morgan fingerprint density at radius 3 is 2.57 bits per heavy atom. The van der Waals surface area contributed by atoms with Gasteiger partial charge in [-0.2, -0.15) is 0 Å². The average Bonchev–Trinajstić information content (AvgIpc) is 3.45. The fraction of sp³-hybridized carbons (Fsp3) is 0.240. The molecule has 0 atom stereocenters. The van der Waals surface area contributed by atoms with Gasteiger partial charge < -0.3 is 15.2 Å². The van der Waals surface area contributed by atoms with Crippen LogP contribution in [0.25, 0.3) is 22.4 Å². The lowest BCUT2D eigenvalue weighted by atomic mass is 10.1. The van der Waals surface area contributed by atoms with Crippen LogP contribution in [0.5, 0.6) is 0 Å². The number of nitrogens with zero attached hydrogens (tertiary/aromatic N) is 3. The predicted octanol–water partition coefficient (Wildman–Crippen LogP) is 3.96. The Labute approximate surface area is 207 Å². The molecule has 6 rings (SSSR count). The first-order valence-electron chi connectivity index (χ1n) is 11.4. The fourth-order valence-corrected chi connectivity index (χ4v) is 6.88. The molecule has 0 saturated carbocycles. The second-order valence-corrected chi connectivity index (χ2v) is 11.4. The van der Waals surface area contributed by atoms with Crippen molar-refractivity contribution < 1.29 is 13.2 Å². The molecule has 8 nitrogen and oxygen atoms in total. The van der Waals surface area contributed by atoms with E-state index >= 15 is 0 Å². The number of rotatable bonds is 4. The molecule has 1 saturated heterocycles. The van der Waals surface area contributed by atoms with Crippen molar-refractivity contribution in [2.75, 3.05) is 18.0 Å². The van der Waals surface area contributed by atoms with Gasteiger partial charge >= 0.3 is 0 Å². The number of amides is 1. The number of fused-ring (bicyclic) bond motifs is 2. The summed E-state index contributed by atoms with van der Waals surface area (Å²) in [5, 5.41) is 3.28. The van der Waals surface area contributed by atoms with Crippen molar-refractivity contribution in [3.8, 4) is 11.3 Å². The number of carbonyl (C=O) groups excluding carboxylic acids is 1. The van der Waals surface area contributed by atoms with Crippen LogP contribution in [0.15, 0.2) is 59.8 Å². The first-order valence-corrected chi connectivity index (χ1v) is 13.3. The molecular weight excluding hydrogens is 486 g/mol. The Balaban J connectivity index is 1.32. The van der Waals surface area contributed by atoms with Crippen LogP contribution in [0.2, 0.25) is 5.02 Å². The van der Waals surface area contributed by atoms with Crippen molar-refractivity contribution in [2.45, 2.75) is 29.5 Å². The summed E-state index contributed by atoms with van der Waals surface area (Å²) in [7, 11) is -3.38. The third kappa shape index (κ3) is 3.71. The number of hydrogen-bond donors (Lipinski definition) is 2. The molecule has 178 valence electrons. The van der Waals surface area contributed by atoms with E-state index in [1.54, 1.807) is 47.6 Å². The van der Waals surface area contributed by atoms with Gasteiger partial charge in [-0.15, -0.1) is 0 Å². The molecule has 0 spiro atoms. The van der Waals surface area contributed by atoms with E-state index in [0.29, 0.717) is 70.5 Å². The number of sulfone groups is 1. The highest BCUT2D eigenvalue weighted by Gasteiger charge is 2.32. The van der Waals surface area contributed by atoms with Crippen LogP contribution >= 0.6 is 11.6 Å². The maximum absolute atomic E-state index is 13.1. The fourth-order valence-electron chi connectivity index (χ4n) is 4.85. The summed E-state index contributed by atoms with van der Waals surface area (Å²) < 4.78 is 26.0. The van der Waals surface area contributed by atoms with Gasteiger partial charge in [-0.3, -0.25) is 4.79 Å². The summed E-state index contributed by atoms with van der Waals surface area (Å²) in [6.45, 7) is 1.83. The zero-order chi connectivity index (χ0) is 24.2. The second-order valence-electron chi connectivity index (χ2n) is 8.81. The molecule has 10 heteroatoms. The molecule has 2 N–H and O–H groups in total. The predicted molar refractivity (Wildman–Crippen MR) is 134 cm³/mol. The number of nitrogens with one attached hydrogen (secondary N) is 2. The lowest BCUT2D eigenvalue weighted by Crippen LogP contribution is -2.35. The number of hydrogen-bond acceptors (Lipinski definition) is 6. The van der Waals surface area contributed by atoms with Crippen molar-refractivity contribution in [1.82, 2.24) is 20.3 Å². The lowest BCUT2D eigenvalue weighted by molar-refractivity contribution is 0.0997. The van der Waals surface area contributed by atoms with Crippen LogP contribution in [-0.2, 0) is 16.4 Å². The Morgan fingerprint density at radius 1 is 1.06 bits per heavy atom. The van der Waals surface area contributed by atoms with Gasteiger partial charge in [0.15, 0.2) is 15.5 Å². The molecule has 4 aromatic rings. The van der Waals surface area contributed by atoms with Crippen LogP contribution in [0.1, 0.15) is 28.8 Å². The lowest BCUT2D eigenvalue weighted by Gasteiger charge is -2.22. The number of halogens is 1. The van der Waals surface area contributed by atoms with Gasteiger partial charge in [-0.25, -0.2) is 18.4 Å². The first-order chi connectivity index (χ1) is 16.9. The van der Waals surface area contributed by atoms with E-state index in [0.717, 1.165) is 11.1 Å². The van der Waals surface area contributed by atoms with E-state index in [-0.39, 0.29) is 11.2 Å². The number of piperidine rings is 1. The minimum absolute atomic E-state index is 0.175. The molecular formula is C25H22ClN5O3S. The van der Waals surface area contributed by atoms with Crippen molar-refractivity contribution in [1.29, 1.82) is 0 Å². The van der Waals surface area contributed by atoms with Crippen molar-refractivity contribution in [2.24, 2.45) is 0 Å². The van der Waals surface area contributed by atoms with Crippen LogP contribution in [0, 0.1) is 0 Å². The number of anilines is 1. The third-order valence-electron chi connectivity index (χ3n) is 6.74. The van der Waals surface area contributed by atoms with Crippen molar-refractivity contribution in [3.05, 3.63) is 71.0 Å². The van der Waals surface area contributed by atoms with E-state index in [1.165, 1.54) is 0 Å². The molecule has 2 aromatic heterocycles. The molecule has 35 heavy (non-hydrogen) atoms. The normalized spacial score (nSPS) is 16.7. The van der Waals surface area contributed by atoms with Crippen LogP contribution < -0.4 is 10.2 Å². The number of carbonyl (C=O) groups is 1. The molecule has 2 aliphatic rings. The number of aromatic nitrogens is 3. The Kier molecular flexibility index (Phi) is 5.36. The zero-order valence-electron chi connectivity index (χ0n) is 18.7. The van der Waals surface area contributed by atoms with Crippen LogP contribution in [0.3, 0.4) is 0 Å². The standard InChI is InChI=1S/C25H22ClN5O3S/c26-19-3-1-2-16-14-31(25(32)22(16)19)21-13-29-24-23(21)30-20(12-28-24)15-4-6-17(7-5-15)35(33,34)18-8-10-27-11-9-18/h1-7,12-13,18,27H,8-11,14H2,(H,28,29). The number of benzene rings is 2. The van der Waals surface area contributed by atoms with Crippen LogP contribution in [0.4, 0.5) is 5.69 Å². The van der Waals surface area contributed by atoms with Gasteiger partial charge in [-0.1, -0.05) is 35.9 Å². The topological polar surface area (TPSA) is 108 Å². The molecule has 1 amide bonds. The van der Waals surface area contributed by atoms with Crippen molar-refractivity contribution >= 4 is 44.2 Å². The molecule has 4 heterocycles. The van der Waals surface area contributed by atoms with Gasteiger partial charge in [0.25, 0.3) is 5.91 Å². The smallest absolute Gasteiger partial charge is 0.260 e. The first kappa shape index (κ1) is 22.2. The summed E-state index contributed by atoms with van der Waals surface area (Å²) >= 11 is 6.28. The summed E-state index contributed by atoms with van der Waals surface area (Å²) in [5.41, 5.74) is 4.46. The molecule has 0 bridgehead atoms. The highest BCUT2D eigenvalue weighted by atomic mass is 35.5. The van der Waals surface area contributed by atoms with E-state index in [4.69, 9.17) is 16.6 Å². The molecule has 0 radical (unpaired) electrons. The Morgan fingerprint density at radius 2 is 1.83 bits per heavy atom. The van der Waals surface area contributed by atoms with Crippen molar-refractivity contribution in [3.63, 3.8) is 0 Å². The van der Waals surface area contributed by atoms with Gasteiger partial charge in [0.1, 0.15) is 5.52 Å². The molecule has 2 aromatic carbocycles. The van der Waals surface area contributed by atoms with Crippen LogP contribution in [-0.4, -0.2) is 47.6 Å². The second kappa shape index (κ2) is 8.44. The SMILES string of the molecule is O=C1c2c(Cl)cccc2CN1c1c[nH]c2ncc(-c3ccc(S(=O)(=O)C4CCNCC4)cc3)nc12. The van der Waals surface area contributed by atoms with Gasteiger partial charge in [0.05, 0.1) is 44.9 Å². The summed E-state index contributed by atoms with van der Waals surface area (Å²) in [5.74, 6) is -0.175. The van der Waals surface area contributed by atoms with E-state index in [2.05, 4.69) is 15.3 Å². The quantitative estimate of drug-likeness (QED) is 0.433. The summed E-state index contributed by atoms with van der Waals surface area (Å²) in [6.07, 6.45) is 4.59. The highest BCUT2D eigenvalue weighted by molar-refractivity contribution is 7.92. The third-order valence-corrected chi connectivity index (χ3v) is 9.34. The zero-order valence-corrected chi connectivity index (χ0v) is 20.2. The maximum atomic E-state index is 13.1. The minimum atomic E-state index is -3.38. The molecule has 2 aliphatic heterocycles. The minimum Gasteiger partial charge on any atom is -0.343 e. The van der Waals surface area contributed by atoms with E-state index in [9.17, 15) is 13.2 Å². The largest absolute Gasteiger partial charge is 0.343 e. The monoisotopic (exact) mass is 507 g/mol. The van der Waals surface area contributed by atoms with E-state index in [1.807, 2.05) is 12.1 Å². The Bertz CT molecular complexity index is 1560.